The highest BCUT2D eigenvalue weighted by Crippen LogP contribution is 2.45. The Balaban J connectivity index is 2.10. The van der Waals surface area contributed by atoms with Crippen LogP contribution in [0.25, 0.3) is 0 Å². The van der Waals surface area contributed by atoms with E-state index in [4.69, 9.17) is 10.5 Å². The Hall–Kier alpha value is -0.500. The molecule has 0 aromatic heterocycles. The van der Waals surface area contributed by atoms with Crippen LogP contribution in [-0.2, 0) is 4.74 Å². The maximum Gasteiger partial charge on any atom is 0.109 e. The summed E-state index contributed by atoms with van der Waals surface area (Å²) in [7, 11) is 0. The van der Waals surface area contributed by atoms with Gasteiger partial charge in [0.1, 0.15) is 5.76 Å². The Morgan fingerprint density at radius 2 is 2.21 bits per heavy atom. The molecule has 2 heteroatoms. The van der Waals surface area contributed by atoms with Crippen LogP contribution in [0.5, 0.6) is 0 Å². The van der Waals surface area contributed by atoms with E-state index >= 15 is 0 Å². The first-order chi connectivity index (χ1) is 6.78. The lowest BCUT2D eigenvalue weighted by atomic mass is 9.76. The van der Waals surface area contributed by atoms with Crippen LogP contribution in [0, 0.1) is 5.41 Å². The van der Waals surface area contributed by atoms with Crippen molar-refractivity contribution in [3.8, 4) is 0 Å². The van der Waals surface area contributed by atoms with Crippen LogP contribution in [0.2, 0.25) is 0 Å². The van der Waals surface area contributed by atoms with Crippen LogP contribution in [0.3, 0.4) is 0 Å². The van der Waals surface area contributed by atoms with E-state index in [1.807, 2.05) is 0 Å². The van der Waals surface area contributed by atoms with Crippen molar-refractivity contribution in [3.05, 3.63) is 11.8 Å². The molecule has 0 amide bonds. The zero-order chi connectivity index (χ0) is 10.0. The van der Waals surface area contributed by atoms with Gasteiger partial charge in [-0.3, -0.25) is 0 Å². The van der Waals surface area contributed by atoms with Crippen molar-refractivity contribution in [1.29, 1.82) is 0 Å². The Morgan fingerprint density at radius 1 is 1.50 bits per heavy atom. The van der Waals surface area contributed by atoms with Crippen LogP contribution in [0.15, 0.2) is 11.8 Å². The minimum atomic E-state index is 0.150. The monoisotopic (exact) mass is 195 g/mol. The van der Waals surface area contributed by atoms with Gasteiger partial charge in [0, 0.05) is 6.42 Å². The predicted octanol–water partition coefficient (Wildman–Crippen LogP) is 2.59. The van der Waals surface area contributed by atoms with Crippen molar-refractivity contribution in [2.45, 2.75) is 51.5 Å². The molecule has 1 saturated carbocycles. The van der Waals surface area contributed by atoms with Gasteiger partial charge in [0.2, 0.25) is 0 Å². The molecule has 0 bridgehead atoms. The molecule has 2 nitrogen and oxygen atoms in total. The second kappa shape index (κ2) is 3.93. The van der Waals surface area contributed by atoms with Crippen LogP contribution in [-0.4, -0.2) is 12.6 Å². The molecule has 2 rings (SSSR count). The van der Waals surface area contributed by atoms with Gasteiger partial charge in [0.25, 0.3) is 0 Å². The van der Waals surface area contributed by atoms with Crippen molar-refractivity contribution in [2.75, 3.05) is 6.61 Å². The molecule has 0 aromatic rings. The van der Waals surface area contributed by atoms with Gasteiger partial charge in [-0.15, -0.1) is 0 Å². The SMILES string of the molecule is CCC1(C(N)C2=CCCO2)CCCC1. The molecule has 2 N–H and O–H groups in total. The summed E-state index contributed by atoms with van der Waals surface area (Å²) in [5, 5.41) is 0. The summed E-state index contributed by atoms with van der Waals surface area (Å²) in [5.41, 5.74) is 6.68. The largest absolute Gasteiger partial charge is 0.496 e. The van der Waals surface area contributed by atoms with Crippen LogP contribution >= 0.6 is 0 Å². The summed E-state index contributed by atoms with van der Waals surface area (Å²) in [6, 6.07) is 0.150. The molecule has 1 unspecified atom stereocenters. The Kier molecular flexibility index (Phi) is 2.82. The lowest BCUT2D eigenvalue weighted by molar-refractivity contribution is 0.155. The third kappa shape index (κ3) is 1.56. The van der Waals surface area contributed by atoms with E-state index in [9.17, 15) is 0 Å². The van der Waals surface area contributed by atoms with Gasteiger partial charge in [-0.25, -0.2) is 0 Å². The first-order valence-corrected chi connectivity index (χ1v) is 5.87. The molecule has 1 atom stereocenters. The van der Waals surface area contributed by atoms with E-state index in [2.05, 4.69) is 13.0 Å². The van der Waals surface area contributed by atoms with Crippen molar-refractivity contribution < 1.29 is 4.74 Å². The second-order valence-corrected chi connectivity index (χ2v) is 4.64. The number of rotatable bonds is 3. The number of hydrogen-bond acceptors (Lipinski definition) is 2. The molecule has 0 radical (unpaired) electrons. The highest BCUT2D eigenvalue weighted by atomic mass is 16.5. The van der Waals surface area contributed by atoms with E-state index in [0.717, 1.165) is 18.8 Å². The minimum Gasteiger partial charge on any atom is -0.496 e. The molecule has 80 valence electrons. The van der Waals surface area contributed by atoms with Crippen molar-refractivity contribution in [2.24, 2.45) is 11.1 Å². The lowest BCUT2D eigenvalue weighted by Crippen LogP contribution is -2.41. The molecular formula is C12H21NO. The molecule has 1 heterocycles. The highest BCUT2D eigenvalue weighted by Gasteiger charge is 2.40. The average Bonchev–Trinajstić information content (AvgIpc) is 2.89. The molecule has 0 aromatic carbocycles. The van der Waals surface area contributed by atoms with Gasteiger partial charge in [-0.05, 0) is 30.8 Å². The van der Waals surface area contributed by atoms with Crippen molar-refractivity contribution in [1.82, 2.24) is 0 Å². The normalized spacial score (nSPS) is 27.1. The van der Waals surface area contributed by atoms with E-state index in [-0.39, 0.29) is 6.04 Å². The maximum absolute atomic E-state index is 6.34. The summed E-state index contributed by atoms with van der Waals surface area (Å²) in [6.45, 7) is 3.10. The Bertz CT molecular complexity index is 228. The molecule has 1 aliphatic carbocycles. The second-order valence-electron chi connectivity index (χ2n) is 4.64. The summed E-state index contributed by atoms with van der Waals surface area (Å²) < 4.78 is 5.59. The molecule has 1 fully saturated rings. The minimum absolute atomic E-state index is 0.150. The molecule has 0 spiro atoms. The van der Waals surface area contributed by atoms with E-state index in [1.165, 1.54) is 32.1 Å². The topological polar surface area (TPSA) is 35.2 Å². The van der Waals surface area contributed by atoms with E-state index in [1.54, 1.807) is 0 Å². The van der Waals surface area contributed by atoms with Crippen LogP contribution in [0.1, 0.15) is 45.4 Å². The van der Waals surface area contributed by atoms with Gasteiger partial charge < -0.3 is 10.5 Å². The standard InChI is InChI=1S/C12H21NO/c1-2-12(7-3-4-8-12)11(13)10-6-5-9-14-10/h6,11H,2-5,7-9,13H2,1H3. The predicted molar refractivity (Wildman–Crippen MR) is 57.8 cm³/mol. The third-order valence-electron chi connectivity index (χ3n) is 4.00. The lowest BCUT2D eigenvalue weighted by Gasteiger charge is -2.34. The quantitative estimate of drug-likeness (QED) is 0.751. The molecule has 1 aliphatic heterocycles. The summed E-state index contributed by atoms with van der Waals surface area (Å²) in [5.74, 6) is 1.06. The summed E-state index contributed by atoms with van der Waals surface area (Å²) in [6.07, 6.45) is 9.67. The van der Waals surface area contributed by atoms with Gasteiger partial charge in [-0.2, -0.15) is 0 Å². The van der Waals surface area contributed by atoms with Crippen LogP contribution < -0.4 is 5.73 Å². The first kappa shape index (κ1) is 10.0. The molecular weight excluding hydrogens is 174 g/mol. The average molecular weight is 195 g/mol. The molecule has 14 heavy (non-hydrogen) atoms. The van der Waals surface area contributed by atoms with Gasteiger partial charge in [0.05, 0.1) is 12.6 Å². The fraction of sp³-hybridized carbons (Fsp3) is 0.833. The number of nitrogens with two attached hydrogens (primary N) is 1. The maximum atomic E-state index is 6.34. The van der Waals surface area contributed by atoms with E-state index < -0.39 is 0 Å². The molecule has 2 aliphatic rings. The summed E-state index contributed by atoms with van der Waals surface area (Å²) in [4.78, 5) is 0. The van der Waals surface area contributed by atoms with Crippen LogP contribution in [0.4, 0.5) is 0 Å². The van der Waals surface area contributed by atoms with Crippen molar-refractivity contribution >= 4 is 0 Å². The number of ether oxygens (including phenoxy) is 1. The Morgan fingerprint density at radius 3 is 2.71 bits per heavy atom. The summed E-state index contributed by atoms with van der Waals surface area (Å²) >= 11 is 0. The molecule has 0 saturated heterocycles. The third-order valence-corrected chi connectivity index (χ3v) is 4.00. The zero-order valence-corrected chi connectivity index (χ0v) is 9.09. The van der Waals surface area contributed by atoms with Gasteiger partial charge >= 0.3 is 0 Å². The fourth-order valence-corrected chi connectivity index (χ4v) is 2.92. The van der Waals surface area contributed by atoms with Crippen molar-refractivity contribution in [3.63, 3.8) is 0 Å². The van der Waals surface area contributed by atoms with Gasteiger partial charge in [-0.1, -0.05) is 19.8 Å². The first-order valence-electron chi connectivity index (χ1n) is 5.87. The fourth-order valence-electron chi connectivity index (χ4n) is 2.92. The highest BCUT2D eigenvalue weighted by molar-refractivity contribution is 5.13. The Labute approximate surface area is 86.5 Å². The van der Waals surface area contributed by atoms with Gasteiger partial charge in [0.15, 0.2) is 0 Å². The zero-order valence-electron chi connectivity index (χ0n) is 9.09. The smallest absolute Gasteiger partial charge is 0.109 e. The van der Waals surface area contributed by atoms with E-state index in [0.29, 0.717) is 5.41 Å². The number of hydrogen-bond donors (Lipinski definition) is 1.